The van der Waals surface area contributed by atoms with Crippen molar-refractivity contribution >= 4 is 7.26 Å². The second-order valence-electron chi connectivity index (χ2n) is 7.43. The zero-order chi connectivity index (χ0) is 18.6. The quantitative estimate of drug-likeness (QED) is 0.150. The Bertz CT molecular complexity index is 283. The van der Waals surface area contributed by atoms with E-state index in [2.05, 4.69) is 19.1 Å². The molecule has 0 aliphatic heterocycles. The number of rotatable bonds is 19. The molecule has 0 rings (SSSR count). The highest BCUT2D eigenvalue weighted by Gasteiger charge is 2.34. The van der Waals surface area contributed by atoms with Crippen molar-refractivity contribution in [2.24, 2.45) is 0 Å². The Morgan fingerprint density at radius 1 is 0.560 bits per heavy atom. The van der Waals surface area contributed by atoms with Crippen LogP contribution in [0, 0.1) is 0 Å². The molecular weight excluding hydrogens is 331 g/mol. The van der Waals surface area contributed by atoms with Crippen LogP contribution in [0.4, 0.5) is 0 Å². The lowest BCUT2D eigenvalue weighted by Gasteiger charge is -2.19. The van der Waals surface area contributed by atoms with E-state index >= 15 is 0 Å². The lowest BCUT2D eigenvalue weighted by Crippen LogP contribution is -2.11. The molecule has 0 radical (unpaired) electrons. The van der Waals surface area contributed by atoms with Crippen molar-refractivity contribution in [2.45, 2.75) is 96.8 Å². The molecule has 0 aliphatic carbocycles. The average Bonchev–Trinajstić information content (AvgIpc) is 2.65. The molecule has 0 bridgehead atoms. The fourth-order valence-electron chi connectivity index (χ4n) is 3.04. The fourth-order valence-corrected chi connectivity index (χ4v) is 4.63. The van der Waals surface area contributed by atoms with E-state index in [0.717, 1.165) is 19.0 Å². The van der Waals surface area contributed by atoms with E-state index in [1.54, 1.807) is 0 Å². The van der Waals surface area contributed by atoms with Gasteiger partial charge in [0.2, 0.25) is 0 Å². The highest BCUT2D eigenvalue weighted by atomic mass is 31.2. The van der Waals surface area contributed by atoms with Crippen LogP contribution < -0.4 is 0 Å². The van der Waals surface area contributed by atoms with Crippen LogP contribution in [0.5, 0.6) is 0 Å². The molecule has 0 aromatic rings. The van der Waals surface area contributed by atoms with Gasteiger partial charge in [-0.1, -0.05) is 70.4 Å². The zero-order valence-electron chi connectivity index (χ0n) is 16.7. The van der Waals surface area contributed by atoms with Crippen molar-refractivity contribution in [1.82, 2.24) is 0 Å². The predicted molar refractivity (Wildman–Crippen MR) is 112 cm³/mol. The molecule has 150 valence electrons. The normalized spacial score (nSPS) is 12.3. The van der Waals surface area contributed by atoms with Gasteiger partial charge in [0.25, 0.3) is 0 Å². The number of unbranched alkanes of at least 4 members (excludes halogenated alkanes) is 12. The van der Waals surface area contributed by atoms with Gasteiger partial charge in [-0.05, 0) is 38.5 Å². The first-order chi connectivity index (χ1) is 12.2. The van der Waals surface area contributed by atoms with E-state index in [0.29, 0.717) is 0 Å². The summed E-state index contributed by atoms with van der Waals surface area (Å²) in [6.45, 7) is 2.26. The summed E-state index contributed by atoms with van der Waals surface area (Å²) in [4.78, 5) is 0. The average molecular weight is 376 g/mol. The Balaban J connectivity index is 3.32. The molecule has 0 saturated heterocycles. The van der Waals surface area contributed by atoms with Crippen LogP contribution in [0.15, 0.2) is 12.2 Å². The highest BCUT2D eigenvalue weighted by molar-refractivity contribution is 7.75. The smallest absolute Gasteiger partial charge is 0.158 e. The van der Waals surface area contributed by atoms with E-state index in [4.69, 9.17) is 0 Å². The van der Waals surface area contributed by atoms with E-state index in [1.807, 2.05) is 0 Å². The van der Waals surface area contributed by atoms with Crippen molar-refractivity contribution in [3.63, 3.8) is 0 Å². The standard InChI is InChI=1S/C21H44O3P/c1-2-3-4-5-6-7-8-9-10-11-12-13-14-15-16-17-18-25(19-22,20-23)21-24/h9-10,22-24H,2-8,11-21H2,1H3/q+1/b10-9-. The third kappa shape index (κ3) is 14.9. The van der Waals surface area contributed by atoms with Gasteiger partial charge in [0, 0.05) is 0 Å². The molecule has 0 aliphatic rings. The van der Waals surface area contributed by atoms with E-state index in [1.165, 1.54) is 77.0 Å². The molecule has 0 amide bonds. The molecule has 4 heteroatoms. The van der Waals surface area contributed by atoms with Gasteiger partial charge >= 0.3 is 0 Å². The molecule has 0 spiro atoms. The number of aliphatic hydroxyl groups excluding tert-OH is 3. The summed E-state index contributed by atoms with van der Waals surface area (Å²) in [5.41, 5.74) is 0. The Labute approximate surface area is 157 Å². The minimum Gasteiger partial charge on any atom is -0.362 e. The van der Waals surface area contributed by atoms with Crippen molar-refractivity contribution < 1.29 is 15.3 Å². The molecule has 0 saturated carbocycles. The van der Waals surface area contributed by atoms with Gasteiger partial charge in [-0.15, -0.1) is 0 Å². The number of hydrogen-bond acceptors (Lipinski definition) is 3. The van der Waals surface area contributed by atoms with Crippen molar-refractivity contribution in [2.75, 3.05) is 25.2 Å². The maximum absolute atomic E-state index is 9.33. The SMILES string of the molecule is CCCCCCCC/C=C\CCCCCCCC[P+](CO)(CO)CO. The van der Waals surface area contributed by atoms with Crippen molar-refractivity contribution in [3.05, 3.63) is 12.2 Å². The molecule has 3 N–H and O–H groups in total. The summed E-state index contributed by atoms with van der Waals surface area (Å²) in [6.07, 6.45) is 23.4. The number of aliphatic hydroxyl groups is 3. The summed E-state index contributed by atoms with van der Waals surface area (Å²) >= 11 is 0. The van der Waals surface area contributed by atoms with E-state index in [9.17, 15) is 15.3 Å². The first-order valence-electron chi connectivity index (χ1n) is 10.6. The third-order valence-electron chi connectivity index (χ3n) is 5.04. The number of allylic oxidation sites excluding steroid dienone is 2. The summed E-state index contributed by atoms with van der Waals surface area (Å²) < 4.78 is 0. The largest absolute Gasteiger partial charge is 0.362 e. The maximum Gasteiger partial charge on any atom is 0.158 e. The summed E-state index contributed by atoms with van der Waals surface area (Å²) in [5, 5.41) is 28.0. The topological polar surface area (TPSA) is 60.7 Å². The second kappa shape index (κ2) is 18.8. The zero-order valence-corrected chi connectivity index (χ0v) is 17.6. The van der Waals surface area contributed by atoms with Gasteiger partial charge in [0.05, 0.1) is 13.4 Å². The second-order valence-corrected chi connectivity index (χ2v) is 11.4. The Morgan fingerprint density at radius 2 is 0.960 bits per heavy atom. The monoisotopic (exact) mass is 375 g/mol. The van der Waals surface area contributed by atoms with Crippen LogP contribution in [0.1, 0.15) is 96.8 Å². The van der Waals surface area contributed by atoms with Gasteiger partial charge in [0.15, 0.2) is 19.0 Å². The van der Waals surface area contributed by atoms with Gasteiger partial charge in [-0.25, -0.2) is 0 Å². The predicted octanol–water partition coefficient (Wildman–Crippen LogP) is 5.89. The Morgan fingerprint density at radius 3 is 1.40 bits per heavy atom. The Hall–Kier alpha value is 0.0500. The van der Waals surface area contributed by atoms with Gasteiger partial charge in [0.1, 0.15) is 0 Å². The van der Waals surface area contributed by atoms with Crippen molar-refractivity contribution in [3.8, 4) is 0 Å². The molecular formula is C21H44O3P+. The first-order valence-corrected chi connectivity index (χ1v) is 13.1. The van der Waals surface area contributed by atoms with Gasteiger partial charge in [-0.3, -0.25) is 0 Å². The molecule has 0 fully saturated rings. The molecule has 0 atom stereocenters. The van der Waals surface area contributed by atoms with Crippen LogP contribution in [0.2, 0.25) is 0 Å². The lowest BCUT2D eigenvalue weighted by atomic mass is 10.1. The first kappa shape index (κ1) is 25.1. The molecule has 0 aromatic carbocycles. The number of hydrogen-bond donors (Lipinski definition) is 3. The molecule has 0 unspecified atom stereocenters. The Kier molecular flexibility index (Phi) is 18.9. The summed E-state index contributed by atoms with van der Waals surface area (Å²) in [7, 11) is -1.87. The minimum atomic E-state index is -1.87. The summed E-state index contributed by atoms with van der Waals surface area (Å²) in [6, 6.07) is 0. The van der Waals surface area contributed by atoms with Crippen molar-refractivity contribution in [1.29, 1.82) is 0 Å². The molecule has 0 aromatic heterocycles. The third-order valence-corrected chi connectivity index (χ3v) is 8.11. The fraction of sp³-hybridized carbons (Fsp3) is 0.905. The van der Waals surface area contributed by atoms with E-state index in [-0.39, 0.29) is 19.0 Å². The summed E-state index contributed by atoms with van der Waals surface area (Å²) in [5.74, 6) is 0. The van der Waals surface area contributed by atoms with Crippen LogP contribution in [-0.2, 0) is 0 Å². The van der Waals surface area contributed by atoms with E-state index < -0.39 is 7.26 Å². The minimum absolute atomic E-state index is 0.0227. The molecule has 3 nitrogen and oxygen atoms in total. The van der Waals surface area contributed by atoms with Crippen LogP contribution in [0.25, 0.3) is 0 Å². The molecule has 25 heavy (non-hydrogen) atoms. The van der Waals surface area contributed by atoms with Gasteiger partial charge < -0.3 is 15.3 Å². The molecule has 0 heterocycles. The highest BCUT2D eigenvalue weighted by Crippen LogP contribution is 2.56. The van der Waals surface area contributed by atoms with Crippen LogP contribution >= 0.6 is 7.26 Å². The lowest BCUT2D eigenvalue weighted by molar-refractivity contribution is 0.311. The maximum atomic E-state index is 9.33. The van der Waals surface area contributed by atoms with Crippen LogP contribution in [0.3, 0.4) is 0 Å². The van der Waals surface area contributed by atoms with Crippen LogP contribution in [-0.4, -0.2) is 40.5 Å². The van der Waals surface area contributed by atoms with Gasteiger partial charge in [-0.2, -0.15) is 0 Å².